The molecule has 0 aliphatic heterocycles. The molecule has 2 aromatic rings. The zero-order chi connectivity index (χ0) is 15.1. The summed E-state index contributed by atoms with van der Waals surface area (Å²) in [5.41, 5.74) is 4.38. The van der Waals surface area contributed by atoms with E-state index in [0.29, 0.717) is 0 Å². The molecule has 0 radical (unpaired) electrons. The summed E-state index contributed by atoms with van der Waals surface area (Å²) in [6.45, 7) is 8.70. The molecule has 1 atom stereocenters. The van der Waals surface area contributed by atoms with Crippen LogP contribution in [0.3, 0.4) is 0 Å². The van der Waals surface area contributed by atoms with E-state index in [1.165, 1.54) is 16.7 Å². The second kappa shape index (κ2) is 7.42. The first kappa shape index (κ1) is 15.8. The number of hydrogen-bond acceptors (Lipinski definition) is 1. The quantitative estimate of drug-likeness (QED) is 0.788. The maximum Gasteiger partial charge on any atom is 0.0115 e. The SMILES string of the molecule is CCNCC(CC)(Cc1cccc(C)c1)c1ccccc1. The summed E-state index contributed by atoms with van der Waals surface area (Å²) in [5, 5.41) is 3.57. The van der Waals surface area contributed by atoms with Gasteiger partial charge < -0.3 is 5.32 Å². The molecule has 1 heteroatoms. The Morgan fingerprint density at radius 3 is 2.33 bits per heavy atom. The lowest BCUT2D eigenvalue weighted by atomic mass is 9.73. The van der Waals surface area contributed by atoms with Gasteiger partial charge in [0.05, 0.1) is 0 Å². The molecule has 1 N–H and O–H groups in total. The highest BCUT2D eigenvalue weighted by Gasteiger charge is 2.30. The molecule has 0 aromatic heterocycles. The molecule has 0 aliphatic carbocycles. The fraction of sp³-hybridized carbons (Fsp3) is 0.400. The van der Waals surface area contributed by atoms with Crippen molar-refractivity contribution in [1.29, 1.82) is 0 Å². The summed E-state index contributed by atoms with van der Waals surface area (Å²) >= 11 is 0. The lowest BCUT2D eigenvalue weighted by Gasteiger charge is -2.34. The Morgan fingerprint density at radius 1 is 0.952 bits per heavy atom. The summed E-state index contributed by atoms with van der Waals surface area (Å²) < 4.78 is 0. The van der Waals surface area contributed by atoms with Gasteiger partial charge in [0.15, 0.2) is 0 Å². The predicted molar refractivity (Wildman–Crippen MR) is 91.8 cm³/mol. The fourth-order valence-electron chi connectivity index (χ4n) is 3.09. The van der Waals surface area contributed by atoms with Crippen LogP contribution in [-0.4, -0.2) is 13.1 Å². The third-order valence-electron chi connectivity index (χ3n) is 4.40. The molecule has 0 fully saturated rings. The monoisotopic (exact) mass is 281 g/mol. The molecule has 1 unspecified atom stereocenters. The van der Waals surface area contributed by atoms with E-state index in [0.717, 1.165) is 25.9 Å². The number of aryl methyl sites for hydroxylation is 1. The Hall–Kier alpha value is -1.60. The van der Waals surface area contributed by atoms with Crippen LogP contribution in [0.25, 0.3) is 0 Å². The molecule has 0 saturated heterocycles. The maximum atomic E-state index is 3.57. The Balaban J connectivity index is 2.35. The lowest BCUT2D eigenvalue weighted by molar-refractivity contribution is 0.382. The van der Waals surface area contributed by atoms with Gasteiger partial charge in [0.25, 0.3) is 0 Å². The molecule has 112 valence electrons. The van der Waals surface area contributed by atoms with Gasteiger partial charge in [0.1, 0.15) is 0 Å². The average molecular weight is 281 g/mol. The molecule has 1 nitrogen and oxygen atoms in total. The van der Waals surface area contributed by atoms with Gasteiger partial charge in [0.2, 0.25) is 0 Å². The second-order valence-electron chi connectivity index (χ2n) is 5.95. The van der Waals surface area contributed by atoms with Crippen molar-refractivity contribution in [2.24, 2.45) is 0 Å². The molecule has 2 aromatic carbocycles. The van der Waals surface area contributed by atoms with Crippen molar-refractivity contribution in [3.8, 4) is 0 Å². The maximum absolute atomic E-state index is 3.57. The highest BCUT2D eigenvalue weighted by molar-refractivity contribution is 5.31. The van der Waals surface area contributed by atoms with Crippen LogP contribution in [0.1, 0.15) is 37.0 Å². The van der Waals surface area contributed by atoms with E-state index in [-0.39, 0.29) is 5.41 Å². The van der Waals surface area contributed by atoms with E-state index >= 15 is 0 Å². The zero-order valence-corrected chi connectivity index (χ0v) is 13.5. The molecule has 0 aliphatic rings. The Bertz CT molecular complexity index is 547. The van der Waals surface area contributed by atoms with E-state index in [1.807, 2.05) is 0 Å². The number of nitrogens with one attached hydrogen (secondary N) is 1. The van der Waals surface area contributed by atoms with E-state index in [9.17, 15) is 0 Å². The number of benzene rings is 2. The molecule has 0 heterocycles. The topological polar surface area (TPSA) is 12.0 Å². The first-order chi connectivity index (χ1) is 10.2. The van der Waals surface area contributed by atoms with Gasteiger partial charge in [0, 0.05) is 12.0 Å². The van der Waals surface area contributed by atoms with Crippen LogP contribution in [0.2, 0.25) is 0 Å². The van der Waals surface area contributed by atoms with Crippen LogP contribution in [0.4, 0.5) is 0 Å². The molecule has 0 bridgehead atoms. The first-order valence-electron chi connectivity index (χ1n) is 8.02. The van der Waals surface area contributed by atoms with Gasteiger partial charge in [-0.1, -0.05) is 74.0 Å². The Kier molecular flexibility index (Phi) is 5.58. The fourth-order valence-corrected chi connectivity index (χ4v) is 3.09. The largest absolute Gasteiger partial charge is 0.316 e. The molecule has 0 saturated carbocycles. The Labute approximate surface area is 129 Å². The summed E-state index contributed by atoms with van der Waals surface area (Å²) in [6.07, 6.45) is 2.22. The van der Waals surface area contributed by atoms with Gasteiger partial charge in [-0.25, -0.2) is 0 Å². The molecular weight excluding hydrogens is 254 g/mol. The van der Waals surface area contributed by atoms with Gasteiger partial charge in [-0.2, -0.15) is 0 Å². The summed E-state index contributed by atoms with van der Waals surface area (Å²) in [6, 6.07) is 19.9. The van der Waals surface area contributed by atoms with E-state index in [2.05, 4.69) is 80.7 Å². The summed E-state index contributed by atoms with van der Waals surface area (Å²) in [5.74, 6) is 0. The minimum absolute atomic E-state index is 0.172. The first-order valence-corrected chi connectivity index (χ1v) is 8.02. The number of hydrogen-bond donors (Lipinski definition) is 1. The zero-order valence-electron chi connectivity index (χ0n) is 13.5. The highest BCUT2D eigenvalue weighted by Crippen LogP contribution is 2.31. The minimum Gasteiger partial charge on any atom is -0.316 e. The van der Waals surface area contributed by atoms with Crippen molar-refractivity contribution in [2.45, 2.75) is 39.0 Å². The third kappa shape index (κ3) is 3.95. The molecular formula is C20H27N. The van der Waals surface area contributed by atoms with E-state index in [4.69, 9.17) is 0 Å². The van der Waals surface area contributed by atoms with Crippen molar-refractivity contribution in [3.05, 3.63) is 71.3 Å². The standard InChI is InChI=1S/C20H27N/c1-4-20(16-21-5-2,19-12-7-6-8-13-19)15-18-11-9-10-17(3)14-18/h6-14,21H,4-5,15-16H2,1-3H3. The van der Waals surface area contributed by atoms with Gasteiger partial charge >= 0.3 is 0 Å². The highest BCUT2D eigenvalue weighted by atomic mass is 14.9. The Morgan fingerprint density at radius 2 is 1.71 bits per heavy atom. The average Bonchev–Trinajstić information content (AvgIpc) is 2.52. The van der Waals surface area contributed by atoms with Crippen LogP contribution < -0.4 is 5.32 Å². The van der Waals surface area contributed by atoms with Gasteiger partial charge in [-0.3, -0.25) is 0 Å². The van der Waals surface area contributed by atoms with Crippen molar-refractivity contribution in [2.75, 3.05) is 13.1 Å². The van der Waals surface area contributed by atoms with Crippen molar-refractivity contribution >= 4 is 0 Å². The number of likely N-dealkylation sites (N-methyl/N-ethyl adjacent to an activating group) is 1. The lowest BCUT2D eigenvalue weighted by Crippen LogP contribution is -2.39. The van der Waals surface area contributed by atoms with Crippen LogP contribution >= 0.6 is 0 Å². The third-order valence-corrected chi connectivity index (χ3v) is 4.40. The molecule has 0 amide bonds. The minimum atomic E-state index is 0.172. The van der Waals surface area contributed by atoms with Crippen molar-refractivity contribution in [3.63, 3.8) is 0 Å². The number of rotatable bonds is 7. The van der Waals surface area contributed by atoms with E-state index < -0.39 is 0 Å². The van der Waals surface area contributed by atoms with Gasteiger partial charge in [-0.15, -0.1) is 0 Å². The second-order valence-corrected chi connectivity index (χ2v) is 5.95. The summed E-state index contributed by atoms with van der Waals surface area (Å²) in [7, 11) is 0. The normalized spacial score (nSPS) is 13.9. The van der Waals surface area contributed by atoms with E-state index in [1.54, 1.807) is 0 Å². The van der Waals surface area contributed by atoms with Gasteiger partial charge in [-0.05, 0) is 37.4 Å². The van der Waals surface area contributed by atoms with Crippen LogP contribution in [-0.2, 0) is 11.8 Å². The molecule has 21 heavy (non-hydrogen) atoms. The van der Waals surface area contributed by atoms with Crippen LogP contribution in [0.15, 0.2) is 54.6 Å². The molecule has 2 rings (SSSR count). The van der Waals surface area contributed by atoms with Crippen LogP contribution in [0, 0.1) is 6.92 Å². The van der Waals surface area contributed by atoms with Crippen molar-refractivity contribution < 1.29 is 0 Å². The van der Waals surface area contributed by atoms with Crippen LogP contribution in [0.5, 0.6) is 0 Å². The predicted octanol–water partition coefficient (Wildman–Crippen LogP) is 4.50. The summed E-state index contributed by atoms with van der Waals surface area (Å²) in [4.78, 5) is 0. The smallest absolute Gasteiger partial charge is 0.0115 e. The molecule has 0 spiro atoms. The van der Waals surface area contributed by atoms with Crippen molar-refractivity contribution in [1.82, 2.24) is 5.32 Å².